The molecule has 1 fully saturated rings. The third kappa shape index (κ3) is 2.87. The van der Waals surface area contributed by atoms with Crippen LogP contribution in [0.4, 0.5) is 0 Å². The molecule has 24 heavy (non-hydrogen) atoms. The molecule has 2 aliphatic rings. The van der Waals surface area contributed by atoms with Crippen molar-refractivity contribution in [1.82, 2.24) is 0 Å². The van der Waals surface area contributed by atoms with E-state index in [1.165, 1.54) is 6.08 Å². The van der Waals surface area contributed by atoms with Gasteiger partial charge in [0.2, 0.25) is 0 Å². The number of benzene rings is 1. The van der Waals surface area contributed by atoms with Crippen molar-refractivity contribution in [3.8, 4) is 5.75 Å². The lowest BCUT2D eigenvalue weighted by atomic mass is 9.73. The van der Waals surface area contributed by atoms with Gasteiger partial charge in [0.15, 0.2) is 5.78 Å². The first-order chi connectivity index (χ1) is 11.6. The van der Waals surface area contributed by atoms with E-state index in [-0.39, 0.29) is 11.7 Å². The number of ether oxygens (including phenoxy) is 3. The molecule has 5 nitrogen and oxygen atoms in total. The van der Waals surface area contributed by atoms with Gasteiger partial charge in [0.25, 0.3) is 0 Å². The Bertz CT molecular complexity index is 701. The highest BCUT2D eigenvalue weighted by Gasteiger charge is 2.49. The predicted octanol–water partition coefficient (Wildman–Crippen LogP) is 2.56. The van der Waals surface area contributed by atoms with Gasteiger partial charge >= 0.3 is 5.97 Å². The minimum absolute atomic E-state index is 0.0318. The van der Waals surface area contributed by atoms with Crippen LogP contribution in [0.3, 0.4) is 0 Å². The lowest BCUT2D eigenvalue weighted by Gasteiger charge is -2.34. The van der Waals surface area contributed by atoms with E-state index in [2.05, 4.69) is 0 Å². The zero-order chi connectivity index (χ0) is 17.2. The monoisotopic (exact) mass is 328 g/mol. The molecule has 126 valence electrons. The number of carbonyl (C=O) groups excluding carboxylic acids is 2. The standard InChI is InChI=1S/C19H20O5/c1-3-23-18(21)10-13-12-24-19(9-8-15(20)11-17(13)19)14-4-6-16(22-2)7-5-14/h4-10,17H,3,11-12H2,1-2H3/b13-10-/t17?,19-/m0/s1. The molecule has 0 radical (unpaired) electrons. The lowest BCUT2D eigenvalue weighted by Crippen LogP contribution is -2.35. The fourth-order valence-electron chi connectivity index (χ4n) is 3.32. The Morgan fingerprint density at radius 1 is 1.38 bits per heavy atom. The maximum absolute atomic E-state index is 11.9. The van der Waals surface area contributed by atoms with Crippen LogP contribution in [-0.2, 0) is 24.7 Å². The van der Waals surface area contributed by atoms with Gasteiger partial charge in [0.05, 0.1) is 20.3 Å². The van der Waals surface area contributed by atoms with Crippen LogP contribution < -0.4 is 4.74 Å². The number of fused-ring (bicyclic) bond motifs is 1. The van der Waals surface area contributed by atoms with Crippen LogP contribution in [0.15, 0.2) is 48.1 Å². The summed E-state index contributed by atoms with van der Waals surface area (Å²) in [5.74, 6) is 0.184. The molecule has 1 aliphatic carbocycles. The highest BCUT2D eigenvalue weighted by Crippen LogP contribution is 2.49. The highest BCUT2D eigenvalue weighted by atomic mass is 16.5. The van der Waals surface area contributed by atoms with E-state index in [9.17, 15) is 9.59 Å². The smallest absolute Gasteiger partial charge is 0.330 e. The topological polar surface area (TPSA) is 61.8 Å². The Balaban J connectivity index is 1.99. The zero-order valence-electron chi connectivity index (χ0n) is 13.8. The van der Waals surface area contributed by atoms with Crippen LogP contribution in [0.1, 0.15) is 18.9 Å². The fraction of sp³-hybridized carbons (Fsp3) is 0.368. The largest absolute Gasteiger partial charge is 0.497 e. The summed E-state index contributed by atoms with van der Waals surface area (Å²) in [6, 6.07) is 7.59. The number of rotatable bonds is 4. The minimum atomic E-state index is -0.724. The Labute approximate surface area is 140 Å². The van der Waals surface area contributed by atoms with Gasteiger partial charge in [-0.2, -0.15) is 0 Å². The number of carbonyl (C=O) groups is 2. The molecule has 0 N–H and O–H groups in total. The van der Waals surface area contributed by atoms with Crippen LogP contribution in [0.5, 0.6) is 5.75 Å². The van der Waals surface area contributed by atoms with Crippen LogP contribution in [0.2, 0.25) is 0 Å². The SMILES string of the molecule is CCOC(=O)/C=C1/CO[C@]2(c3ccc(OC)cc3)C=CC(=O)CC12. The van der Waals surface area contributed by atoms with Crippen molar-refractivity contribution >= 4 is 11.8 Å². The Morgan fingerprint density at radius 2 is 2.12 bits per heavy atom. The van der Waals surface area contributed by atoms with Crippen molar-refractivity contribution in [2.24, 2.45) is 5.92 Å². The normalized spacial score (nSPS) is 27.2. The van der Waals surface area contributed by atoms with Gasteiger partial charge in [-0.15, -0.1) is 0 Å². The van der Waals surface area contributed by atoms with Crippen molar-refractivity contribution in [1.29, 1.82) is 0 Å². The van der Waals surface area contributed by atoms with Gasteiger partial charge in [0.1, 0.15) is 11.4 Å². The first-order valence-electron chi connectivity index (χ1n) is 7.97. The molecule has 0 bridgehead atoms. The van der Waals surface area contributed by atoms with Crippen LogP contribution in [-0.4, -0.2) is 32.1 Å². The van der Waals surface area contributed by atoms with Gasteiger partial charge in [-0.05, 0) is 42.3 Å². The fourth-order valence-corrected chi connectivity index (χ4v) is 3.32. The van der Waals surface area contributed by atoms with E-state index in [0.717, 1.165) is 16.9 Å². The van der Waals surface area contributed by atoms with Crippen LogP contribution in [0, 0.1) is 5.92 Å². The van der Waals surface area contributed by atoms with E-state index in [0.29, 0.717) is 19.6 Å². The molecule has 0 spiro atoms. The van der Waals surface area contributed by atoms with Crippen molar-refractivity contribution in [2.75, 3.05) is 20.3 Å². The van der Waals surface area contributed by atoms with Gasteiger partial charge in [-0.25, -0.2) is 4.79 Å². The summed E-state index contributed by atoms with van der Waals surface area (Å²) in [5, 5.41) is 0. The summed E-state index contributed by atoms with van der Waals surface area (Å²) in [4.78, 5) is 23.7. The molecule has 1 saturated heterocycles. The van der Waals surface area contributed by atoms with E-state index in [4.69, 9.17) is 14.2 Å². The number of esters is 1. The van der Waals surface area contributed by atoms with Gasteiger partial charge in [-0.1, -0.05) is 12.1 Å². The van der Waals surface area contributed by atoms with Crippen molar-refractivity contribution in [3.63, 3.8) is 0 Å². The Morgan fingerprint density at radius 3 is 2.79 bits per heavy atom. The Kier molecular flexibility index (Phi) is 4.53. The highest BCUT2D eigenvalue weighted by molar-refractivity contribution is 5.92. The molecule has 0 saturated carbocycles. The van der Waals surface area contributed by atoms with Crippen molar-refractivity contribution in [2.45, 2.75) is 18.9 Å². The predicted molar refractivity (Wildman–Crippen MR) is 87.6 cm³/mol. The molecule has 0 amide bonds. The van der Waals surface area contributed by atoms with Crippen molar-refractivity contribution in [3.05, 3.63) is 53.6 Å². The second kappa shape index (κ2) is 6.61. The average molecular weight is 328 g/mol. The van der Waals surface area contributed by atoms with Crippen LogP contribution in [0.25, 0.3) is 0 Å². The van der Waals surface area contributed by atoms with E-state index < -0.39 is 11.6 Å². The second-order valence-corrected chi connectivity index (χ2v) is 5.84. The number of hydrogen-bond acceptors (Lipinski definition) is 5. The molecule has 1 aliphatic heterocycles. The zero-order valence-corrected chi connectivity index (χ0v) is 13.8. The quantitative estimate of drug-likeness (QED) is 0.628. The molecular weight excluding hydrogens is 308 g/mol. The average Bonchev–Trinajstić information content (AvgIpc) is 2.94. The maximum atomic E-state index is 11.9. The molecule has 1 aromatic rings. The number of hydrogen-bond donors (Lipinski definition) is 0. The lowest BCUT2D eigenvalue weighted by molar-refractivity contribution is -0.137. The summed E-state index contributed by atoms with van der Waals surface area (Å²) < 4.78 is 16.3. The van der Waals surface area contributed by atoms with E-state index in [1.54, 1.807) is 26.2 Å². The summed E-state index contributed by atoms with van der Waals surface area (Å²) in [5.41, 5.74) is 1.00. The summed E-state index contributed by atoms with van der Waals surface area (Å²) >= 11 is 0. The molecule has 5 heteroatoms. The minimum Gasteiger partial charge on any atom is -0.497 e. The molecule has 2 atom stereocenters. The molecule has 1 aromatic carbocycles. The number of allylic oxidation sites excluding steroid dienone is 1. The maximum Gasteiger partial charge on any atom is 0.330 e. The summed E-state index contributed by atoms with van der Waals surface area (Å²) in [6.07, 6.45) is 5.14. The number of methoxy groups -OCH3 is 1. The third-order valence-corrected chi connectivity index (χ3v) is 4.50. The Hall–Kier alpha value is -2.40. The molecule has 1 unspecified atom stereocenters. The number of ketones is 1. The molecule has 0 aromatic heterocycles. The molecule has 3 rings (SSSR count). The second-order valence-electron chi connectivity index (χ2n) is 5.84. The van der Waals surface area contributed by atoms with E-state index >= 15 is 0 Å². The first kappa shape index (κ1) is 16.5. The first-order valence-corrected chi connectivity index (χ1v) is 7.97. The molecular formula is C19H20O5. The molecule has 1 heterocycles. The van der Waals surface area contributed by atoms with Crippen LogP contribution >= 0.6 is 0 Å². The summed E-state index contributed by atoms with van der Waals surface area (Å²) in [6.45, 7) is 2.37. The van der Waals surface area contributed by atoms with E-state index in [1.807, 2.05) is 24.3 Å². The van der Waals surface area contributed by atoms with Gasteiger partial charge in [-0.3, -0.25) is 4.79 Å². The third-order valence-electron chi connectivity index (χ3n) is 4.50. The van der Waals surface area contributed by atoms with Gasteiger partial charge < -0.3 is 14.2 Å². The van der Waals surface area contributed by atoms with Gasteiger partial charge in [0, 0.05) is 18.4 Å². The van der Waals surface area contributed by atoms with Crippen molar-refractivity contribution < 1.29 is 23.8 Å². The summed E-state index contributed by atoms with van der Waals surface area (Å²) in [7, 11) is 1.61.